The quantitative estimate of drug-likeness (QED) is 0.590. The molecule has 0 heterocycles. The molecule has 1 aromatic carbocycles. The lowest BCUT2D eigenvalue weighted by atomic mass is 10.1. The summed E-state index contributed by atoms with van der Waals surface area (Å²) in [5.41, 5.74) is 4.58. The average molecular weight is 315 g/mol. The number of nitrogens with zero attached hydrogens (tertiary/aromatic N) is 1. The number of nitrogens with one attached hydrogen (secondary N) is 1. The first-order valence-electron chi connectivity index (χ1n) is 6.88. The van der Waals surface area contributed by atoms with E-state index in [9.17, 15) is 8.42 Å². The zero-order valence-corrected chi connectivity index (χ0v) is 14.1. The van der Waals surface area contributed by atoms with Crippen LogP contribution >= 0.6 is 0 Å². The lowest BCUT2D eigenvalue weighted by molar-refractivity contribution is 0.142. The van der Waals surface area contributed by atoms with Gasteiger partial charge in [-0.1, -0.05) is 6.92 Å². The van der Waals surface area contributed by atoms with Gasteiger partial charge in [-0.3, -0.25) is 5.84 Å². The summed E-state index contributed by atoms with van der Waals surface area (Å²) in [6.07, 6.45) is 0. The van der Waals surface area contributed by atoms with E-state index in [0.717, 1.165) is 0 Å². The van der Waals surface area contributed by atoms with E-state index in [1.54, 1.807) is 33.1 Å². The lowest BCUT2D eigenvalue weighted by Gasteiger charge is -2.28. The molecule has 0 aromatic heterocycles. The van der Waals surface area contributed by atoms with Gasteiger partial charge in [0.15, 0.2) is 0 Å². The first-order valence-corrected chi connectivity index (χ1v) is 8.32. The zero-order valence-electron chi connectivity index (χ0n) is 13.3. The van der Waals surface area contributed by atoms with Crippen molar-refractivity contribution in [2.75, 3.05) is 25.7 Å². The summed E-state index contributed by atoms with van der Waals surface area (Å²) in [5, 5.41) is 0. The second-order valence-corrected chi connectivity index (χ2v) is 6.92. The van der Waals surface area contributed by atoms with E-state index in [-0.39, 0.29) is 6.04 Å². The molecule has 0 aliphatic rings. The molecule has 0 aliphatic carbocycles. The highest BCUT2D eigenvalue weighted by molar-refractivity contribution is 7.89. The molecule has 0 amide bonds. The lowest BCUT2D eigenvalue weighted by Crippen LogP contribution is -2.41. The van der Waals surface area contributed by atoms with Gasteiger partial charge in [0.05, 0.1) is 11.5 Å². The minimum atomic E-state index is -3.57. The standard InChI is InChI=1S/C14H25N3O3S/c1-6-17(12(4)9-20-5)21(18,19)14-10(2)7-13(16-15)8-11(14)3/h7-8,12,16H,6,9,15H2,1-5H3. The third-order valence-electron chi connectivity index (χ3n) is 3.40. The van der Waals surface area contributed by atoms with Crippen molar-refractivity contribution in [3.05, 3.63) is 23.3 Å². The summed E-state index contributed by atoms with van der Waals surface area (Å²) < 4.78 is 32.4. The number of ether oxygens (including phenoxy) is 1. The molecule has 1 aromatic rings. The Morgan fingerprint density at radius 2 is 1.86 bits per heavy atom. The number of hydrogen-bond donors (Lipinski definition) is 2. The fourth-order valence-corrected chi connectivity index (χ4v) is 4.64. The van der Waals surface area contributed by atoms with E-state index in [0.29, 0.717) is 34.9 Å². The molecule has 0 aliphatic heterocycles. The van der Waals surface area contributed by atoms with Crippen molar-refractivity contribution in [3.63, 3.8) is 0 Å². The molecule has 0 fully saturated rings. The summed E-state index contributed by atoms with van der Waals surface area (Å²) in [6, 6.07) is 3.24. The van der Waals surface area contributed by atoms with Gasteiger partial charge in [-0.25, -0.2) is 8.42 Å². The summed E-state index contributed by atoms with van der Waals surface area (Å²) in [5.74, 6) is 5.39. The predicted octanol–water partition coefficient (Wildman–Crippen LogP) is 1.63. The van der Waals surface area contributed by atoms with E-state index in [1.807, 2.05) is 13.8 Å². The number of methoxy groups -OCH3 is 1. The summed E-state index contributed by atoms with van der Waals surface area (Å²) in [7, 11) is -2.01. The van der Waals surface area contributed by atoms with Crippen LogP contribution in [0.1, 0.15) is 25.0 Å². The van der Waals surface area contributed by atoms with Crippen LogP contribution < -0.4 is 11.3 Å². The molecule has 6 nitrogen and oxygen atoms in total. The largest absolute Gasteiger partial charge is 0.383 e. The van der Waals surface area contributed by atoms with Gasteiger partial charge in [0.1, 0.15) is 0 Å². The average Bonchev–Trinajstić information content (AvgIpc) is 2.37. The Balaban J connectivity index is 3.36. The van der Waals surface area contributed by atoms with Crippen LogP contribution in [0.3, 0.4) is 0 Å². The summed E-state index contributed by atoms with van der Waals surface area (Å²) in [6.45, 7) is 7.95. The number of likely N-dealkylation sites (N-methyl/N-ethyl adjacent to an activating group) is 1. The van der Waals surface area contributed by atoms with Gasteiger partial charge >= 0.3 is 0 Å². The maximum atomic E-state index is 12.9. The van der Waals surface area contributed by atoms with E-state index in [1.165, 1.54) is 4.31 Å². The third kappa shape index (κ3) is 3.74. The van der Waals surface area contributed by atoms with Crippen LogP contribution in [-0.2, 0) is 14.8 Å². The Morgan fingerprint density at radius 3 is 2.24 bits per heavy atom. The Bertz CT molecular complexity index is 564. The molecule has 0 bridgehead atoms. The van der Waals surface area contributed by atoms with Gasteiger partial charge in [0.25, 0.3) is 0 Å². The van der Waals surface area contributed by atoms with Crippen molar-refractivity contribution < 1.29 is 13.2 Å². The Kier molecular flexibility index (Phi) is 6.15. The highest BCUT2D eigenvalue weighted by Crippen LogP contribution is 2.28. The number of benzene rings is 1. The summed E-state index contributed by atoms with van der Waals surface area (Å²) in [4.78, 5) is 0.339. The Hall–Kier alpha value is -1.15. The van der Waals surface area contributed by atoms with Gasteiger partial charge in [0.2, 0.25) is 10.0 Å². The number of nitrogen functional groups attached to an aromatic ring is 1. The van der Waals surface area contributed by atoms with Crippen molar-refractivity contribution in [2.45, 2.75) is 38.6 Å². The first kappa shape index (κ1) is 17.9. The summed E-state index contributed by atoms with van der Waals surface area (Å²) >= 11 is 0. The molecule has 120 valence electrons. The molecule has 3 N–H and O–H groups in total. The molecule has 1 rings (SSSR count). The third-order valence-corrected chi connectivity index (χ3v) is 5.80. The van der Waals surface area contributed by atoms with E-state index in [4.69, 9.17) is 10.6 Å². The molecule has 1 unspecified atom stereocenters. The van der Waals surface area contributed by atoms with E-state index < -0.39 is 10.0 Å². The number of aryl methyl sites for hydroxylation is 2. The van der Waals surface area contributed by atoms with Gasteiger partial charge in [0, 0.05) is 25.4 Å². The number of sulfonamides is 1. The normalized spacial score (nSPS) is 13.5. The fraction of sp³-hybridized carbons (Fsp3) is 0.571. The molecule has 0 radical (unpaired) electrons. The molecule has 0 saturated carbocycles. The van der Waals surface area contributed by atoms with Gasteiger partial charge in [-0.15, -0.1) is 0 Å². The molecular formula is C14H25N3O3S. The van der Waals surface area contributed by atoms with Crippen molar-refractivity contribution in [3.8, 4) is 0 Å². The van der Waals surface area contributed by atoms with Gasteiger partial charge < -0.3 is 10.2 Å². The molecule has 0 spiro atoms. The minimum Gasteiger partial charge on any atom is -0.383 e. The van der Waals surface area contributed by atoms with Crippen LogP contribution in [0, 0.1) is 13.8 Å². The number of hydrogen-bond acceptors (Lipinski definition) is 5. The zero-order chi connectivity index (χ0) is 16.2. The fourth-order valence-electron chi connectivity index (χ4n) is 2.60. The monoisotopic (exact) mass is 315 g/mol. The highest BCUT2D eigenvalue weighted by atomic mass is 32.2. The number of rotatable bonds is 7. The van der Waals surface area contributed by atoms with Crippen LogP contribution in [0.15, 0.2) is 17.0 Å². The topological polar surface area (TPSA) is 84.7 Å². The van der Waals surface area contributed by atoms with Crippen LogP contribution in [0.25, 0.3) is 0 Å². The number of hydrazine groups is 1. The van der Waals surface area contributed by atoms with Crippen LogP contribution in [0.4, 0.5) is 5.69 Å². The van der Waals surface area contributed by atoms with Crippen molar-refractivity contribution in [2.24, 2.45) is 5.84 Å². The smallest absolute Gasteiger partial charge is 0.243 e. The molecular weight excluding hydrogens is 290 g/mol. The van der Waals surface area contributed by atoms with Crippen LogP contribution in [-0.4, -0.2) is 39.0 Å². The Morgan fingerprint density at radius 1 is 1.33 bits per heavy atom. The van der Waals surface area contributed by atoms with Crippen molar-refractivity contribution in [1.29, 1.82) is 0 Å². The predicted molar refractivity (Wildman–Crippen MR) is 84.6 cm³/mol. The maximum Gasteiger partial charge on any atom is 0.243 e. The number of anilines is 1. The van der Waals surface area contributed by atoms with Gasteiger partial charge in [-0.2, -0.15) is 4.31 Å². The van der Waals surface area contributed by atoms with E-state index >= 15 is 0 Å². The van der Waals surface area contributed by atoms with Crippen LogP contribution in [0.2, 0.25) is 0 Å². The second kappa shape index (κ2) is 7.22. The van der Waals surface area contributed by atoms with E-state index in [2.05, 4.69) is 5.43 Å². The molecule has 7 heteroatoms. The molecule has 0 saturated heterocycles. The maximum absolute atomic E-state index is 12.9. The van der Waals surface area contributed by atoms with Crippen LogP contribution in [0.5, 0.6) is 0 Å². The van der Waals surface area contributed by atoms with Crippen molar-refractivity contribution >= 4 is 15.7 Å². The SMILES string of the molecule is CCN(C(C)COC)S(=O)(=O)c1c(C)cc(NN)cc1C. The highest BCUT2D eigenvalue weighted by Gasteiger charge is 2.30. The molecule has 1 atom stereocenters. The Labute approximate surface area is 127 Å². The van der Waals surface area contributed by atoms with Gasteiger partial charge in [-0.05, 0) is 44.0 Å². The second-order valence-electron chi connectivity index (χ2n) is 5.10. The molecule has 21 heavy (non-hydrogen) atoms. The van der Waals surface area contributed by atoms with Crippen molar-refractivity contribution in [1.82, 2.24) is 4.31 Å². The minimum absolute atomic E-state index is 0.226. The number of nitrogens with two attached hydrogens (primary N) is 1. The first-order chi connectivity index (χ1) is 9.79.